The molecular weight excluding hydrogens is 328 g/mol. The van der Waals surface area contributed by atoms with Gasteiger partial charge >= 0.3 is 0 Å². The molecule has 1 aliphatic carbocycles. The predicted molar refractivity (Wildman–Crippen MR) is 105 cm³/mol. The molecule has 146 valence electrons. The van der Waals surface area contributed by atoms with Gasteiger partial charge in [-0.1, -0.05) is 26.3 Å². The zero-order chi connectivity index (χ0) is 19.1. The Bertz CT molecular complexity index is 589. The van der Waals surface area contributed by atoms with E-state index in [1.807, 2.05) is 23.1 Å². The van der Waals surface area contributed by atoms with Crippen LogP contribution < -0.4 is 15.2 Å². The first kappa shape index (κ1) is 20.6. The normalized spacial score (nSPS) is 19.6. The number of carbonyl (C=O) groups is 1. The molecule has 2 N–H and O–H groups in total. The van der Waals surface area contributed by atoms with E-state index in [0.717, 1.165) is 55.8 Å². The summed E-state index contributed by atoms with van der Waals surface area (Å²) >= 11 is 0. The maximum Gasteiger partial charge on any atom is 0.226 e. The van der Waals surface area contributed by atoms with E-state index in [4.69, 9.17) is 15.2 Å². The standard InChI is InChI=1S/C21H34N2O3/c1-15(2)14-23(21(24)18-7-5-6-17(18)13-22)11-10-16-8-9-19(25-3)20(12-16)26-4/h8-9,12,15,17-18H,5-7,10-11,13-14,22H2,1-4H3/t17-,18-/m1/s1. The van der Waals surface area contributed by atoms with E-state index in [2.05, 4.69) is 13.8 Å². The summed E-state index contributed by atoms with van der Waals surface area (Å²) in [6, 6.07) is 5.96. The average Bonchev–Trinajstić information content (AvgIpc) is 3.12. The van der Waals surface area contributed by atoms with E-state index in [0.29, 0.717) is 18.4 Å². The van der Waals surface area contributed by atoms with Gasteiger partial charge in [-0.15, -0.1) is 0 Å². The highest BCUT2D eigenvalue weighted by Crippen LogP contribution is 2.33. The van der Waals surface area contributed by atoms with E-state index in [1.165, 1.54) is 0 Å². The number of ether oxygens (including phenoxy) is 2. The number of benzene rings is 1. The molecule has 5 nitrogen and oxygen atoms in total. The topological polar surface area (TPSA) is 64.8 Å². The lowest BCUT2D eigenvalue weighted by atomic mass is 9.94. The van der Waals surface area contributed by atoms with Crippen LogP contribution in [0.1, 0.15) is 38.7 Å². The van der Waals surface area contributed by atoms with Gasteiger partial charge in [-0.2, -0.15) is 0 Å². The van der Waals surface area contributed by atoms with Crippen molar-refractivity contribution in [2.75, 3.05) is 33.9 Å². The van der Waals surface area contributed by atoms with Crippen molar-refractivity contribution in [1.82, 2.24) is 4.90 Å². The highest BCUT2D eigenvalue weighted by Gasteiger charge is 2.34. The van der Waals surface area contributed by atoms with E-state index in [9.17, 15) is 4.79 Å². The van der Waals surface area contributed by atoms with Crippen LogP contribution in [-0.2, 0) is 11.2 Å². The lowest BCUT2D eigenvalue weighted by Crippen LogP contribution is -2.42. The Labute approximate surface area is 157 Å². The Morgan fingerprint density at radius 1 is 1.23 bits per heavy atom. The molecule has 1 saturated carbocycles. The molecule has 1 fully saturated rings. The summed E-state index contributed by atoms with van der Waals surface area (Å²) < 4.78 is 10.7. The Hall–Kier alpha value is -1.75. The van der Waals surface area contributed by atoms with Crippen molar-refractivity contribution in [3.63, 3.8) is 0 Å². The maximum absolute atomic E-state index is 13.1. The summed E-state index contributed by atoms with van der Waals surface area (Å²) in [6.45, 7) is 6.44. The van der Waals surface area contributed by atoms with Crippen LogP contribution in [0, 0.1) is 17.8 Å². The van der Waals surface area contributed by atoms with Gasteiger partial charge in [0.1, 0.15) is 0 Å². The van der Waals surface area contributed by atoms with Crippen LogP contribution in [0.3, 0.4) is 0 Å². The van der Waals surface area contributed by atoms with Crippen molar-refractivity contribution in [3.8, 4) is 11.5 Å². The molecular formula is C21H34N2O3. The summed E-state index contributed by atoms with van der Waals surface area (Å²) in [6.07, 6.45) is 3.98. The average molecular weight is 363 g/mol. The number of amides is 1. The van der Waals surface area contributed by atoms with Crippen LogP contribution in [0.4, 0.5) is 0 Å². The third-order valence-corrected chi connectivity index (χ3v) is 5.29. The molecule has 0 heterocycles. The third-order valence-electron chi connectivity index (χ3n) is 5.29. The van der Waals surface area contributed by atoms with Gasteiger partial charge in [0.15, 0.2) is 11.5 Å². The maximum atomic E-state index is 13.1. The van der Waals surface area contributed by atoms with Crippen LogP contribution in [0.5, 0.6) is 11.5 Å². The Balaban J connectivity index is 2.07. The third kappa shape index (κ3) is 5.13. The molecule has 1 aromatic rings. The largest absolute Gasteiger partial charge is 0.493 e. The van der Waals surface area contributed by atoms with Crippen LogP contribution in [0.25, 0.3) is 0 Å². The summed E-state index contributed by atoms with van der Waals surface area (Å²) in [5.74, 6) is 2.63. The van der Waals surface area contributed by atoms with Crippen LogP contribution in [-0.4, -0.2) is 44.7 Å². The number of rotatable bonds is 9. The monoisotopic (exact) mass is 362 g/mol. The second-order valence-electron chi connectivity index (χ2n) is 7.65. The number of hydrogen-bond acceptors (Lipinski definition) is 4. The van der Waals surface area contributed by atoms with Crippen molar-refractivity contribution >= 4 is 5.91 Å². The van der Waals surface area contributed by atoms with E-state index in [1.54, 1.807) is 14.2 Å². The lowest BCUT2D eigenvalue weighted by Gasteiger charge is -2.29. The number of carbonyl (C=O) groups excluding carboxylic acids is 1. The van der Waals surface area contributed by atoms with E-state index < -0.39 is 0 Å². The molecule has 2 atom stereocenters. The molecule has 0 radical (unpaired) electrons. The summed E-state index contributed by atoms with van der Waals surface area (Å²) in [5, 5.41) is 0. The van der Waals surface area contributed by atoms with Crippen molar-refractivity contribution < 1.29 is 14.3 Å². The van der Waals surface area contributed by atoms with Crippen molar-refractivity contribution in [2.45, 2.75) is 39.5 Å². The zero-order valence-electron chi connectivity index (χ0n) is 16.7. The van der Waals surface area contributed by atoms with Gasteiger partial charge in [0.05, 0.1) is 14.2 Å². The highest BCUT2D eigenvalue weighted by atomic mass is 16.5. The molecule has 1 aliphatic rings. The molecule has 0 saturated heterocycles. The van der Waals surface area contributed by atoms with E-state index in [-0.39, 0.29) is 11.8 Å². The molecule has 26 heavy (non-hydrogen) atoms. The minimum absolute atomic E-state index is 0.101. The molecule has 0 aromatic heterocycles. The smallest absolute Gasteiger partial charge is 0.226 e. The molecule has 2 rings (SSSR count). The number of methoxy groups -OCH3 is 2. The van der Waals surface area contributed by atoms with Gasteiger partial charge in [-0.05, 0) is 55.3 Å². The van der Waals surface area contributed by atoms with Gasteiger partial charge in [0.25, 0.3) is 0 Å². The quantitative estimate of drug-likeness (QED) is 0.733. The molecule has 0 aliphatic heterocycles. The lowest BCUT2D eigenvalue weighted by molar-refractivity contribution is -0.137. The summed E-state index contributed by atoms with van der Waals surface area (Å²) in [4.78, 5) is 15.2. The van der Waals surface area contributed by atoms with Gasteiger partial charge < -0.3 is 20.1 Å². The zero-order valence-corrected chi connectivity index (χ0v) is 16.7. The first-order valence-corrected chi connectivity index (χ1v) is 9.69. The Morgan fingerprint density at radius 2 is 1.96 bits per heavy atom. The summed E-state index contributed by atoms with van der Waals surface area (Å²) in [5.41, 5.74) is 7.04. The minimum Gasteiger partial charge on any atom is -0.493 e. The van der Waals surface area contributed by atoms with Crippen LogP contribution in [0.15, 0.2) is 18.2 Å². The fourth-order valence-electron chi connectivity index (χ4n) is 3.91. The van der Waals surface area contributed by atoms with Gasteiger partial charge in [0, 0.05) is 19.0 Å². The predicted octanol–water partition coefficient (Wildman–Crippen LogP) is 3.11. The summed E-state index contributed by atoms with van der Waals surface area (Å²) in [7, 11) is 3.28. The molecule has 0 bridgehead atoms. The first-order valence-electron chi connectivity index (χ1n) is 9.69. The van der Waals surface area contributed by atoms with Crippen LogP contribution >= 0.6 is 0 Å². The molecule has 1 aromatic carbocycles. The fourth-order valence-corrected chi connectivity index (χ4v) is 3.91. The Morgan fingerprint density at radius 3 is 2.58 bits per heavy atom. The molecule has 0 spiro atoms. The number of nitrogens with two attached hydrogens (primary N) is 1. The van der Waals surface area contributed by atoms with Gasteiger partial charge in [-0.3, -0.25) is 4.79 Å². The Kier molecular flexibility index (Phi) is 7.76. The SMILES string of the molecule is COc1ccc(CCN(CC(C)C)C(=O)[C@@H]2CCC[C@@H]2CN)cc1OC. The second-order valence-corrected chi connectivity index (χ2v) is 7.65. The fraction of sp³-hybridized carbons (Fsp3) is 0.667. The van der Waals surface area contributed by atoms with Gasteiger partial charge in [-0.25, -0.2) is 0 Å². The molecule has 1 amide bonds. The van der Waals surface area contributed by atoms with Crippen molar-refractivity contribution in [2.24, 2.45) is 23.5 Å². The van der Waals surface area contributed by atoms with Crippen molar-refractivity contribution in [3.05, 3.63) is 23.8 Å². The number of hydrogen-bond donors (Lipinski definition) is 1. The van der Waals surface area contributed by atoms with Crippen molar-refractivity contribution in [1.29, 1.82) is 0 Å². The number of nitrogens with zero attached hydrogens (tertiary/aromatic N) is 1. The highest BCUT2D eigenvalue weighted by molar-refractivity contribution is 5.79. The first-order chi connectivity index (χ1) is 12.5. The van der Waals surface area contributed by atoms with Gasteiger partial charge in [0.2, 0.25) is 5.91 Å². The minimum atomic E-state index is 0.101. The van der Waals surface area contributed by atoms with Crippen LogP contribution in [0.2, 0.25) is 0 Å². The molecule has 5 heteroatoms. The van der Waals surface area contributed by atoms with E-state index >= 15 is 0 Å². The second kappa shape index (κ2) is 9.81. The molecule has 0 unspecified atom stereocenters.